The number of aliphatic hydroxyl groups excluding tert-OH is 1. The summed E-state index contributed by atoms with van der Waals surface area (Å²) >= 11 is 5.75. The van der Waals surface area contributed by atoms with Crippen molar-refractivity contribution in [2.24, 2.45) is 5.92 Å². The van der Waals surface area contributed by atoms with Crippen LogP contribution in [0.4, 0.5) is 4.39 Å². The lowest BCUT2D eigenvalue weighted by Crippen LogP contribution is -2.34. The summed E-state index contributed by atoms with van der Waals surface area (Å²) < 4.78 is 13.7. The van der Waals surface area contributed by atoms with Gasteiger partial charge in [-0.2, -0.15) is 0 Å². The van der Waals surface area contributed by atoms with Gasteiger partial charge in [-0.25, -0.2) is 4.39 Å². The number of piperidine rings is 1. The Morgan fingerprint density at radius 1 is 1.35 bits per heavy atom. The van der Waals surface area contributed by atoms with E-state index in [4.69, 9.17) is 16.7 Å². The molecule has 0 aromatic heterocycles. The lowest BCUT2D eigenvalue weighted by atomic mass is 9.97. The minimum atomic E-state index is -0.307. The van der Waals surface area contributed by atoms with Crippen LogP contribution in [0.25, 0.3) is 0 Å². The molecule has 0 saturated carbocycles. The van der Waals surface area contributed by atoms with E-state index in [1.165, 1.54) is 0 Å². The van der Waals surface area contributed by atoms with E-state index >= 15 is 0 Å². The molecule has 94 valence electrons. The zero-order valence-corrected chi connectivity index (χ0v) is 10.5. The van der Waals surface area contributed by atoms with Gasteiger partial charge in [0.2, 0.25) is 0 Å². The number of benzene rings is 1. The van der Waals surface area contributed by atoms with Gasteiger partial charge in [0.15, 0.2) is 0 Å². The van der Waals surface area contributed by atoms with Crippen LogP contribution < -0.4 is 0 Å². The fraction of sp³-hybridized carbons (Fsp3) is 0.538. The number of hydrogen-bond acceptors (Lipinski definition) is 2. The van der Waals surface area contributed by atoms with Gasteiger partial charge in [0.05, 0.1) is 5.02 Å². The predicted octanol–water partition coefficient (Wildman–Crippen LogP) is 2.68. The first-order chi connectivity index (χ1) is 8.20. The van der Waals surface area contributed by atoms with Crippen LogP contribution in [0, 0.1) is 11.7 Å². The Kier molecular flexibility index (Phi) is 4.37. The summed E-state index contributed by atoms with van der Waals surface area (Å²) in [5.74, 6) is 0.105. The Morgan fingerprint density at radius 3 is 2.71 bits per heavy atom. The molecule has 17 heavy (non-hydrogen) atoms. The van der Waals surface area contributed by atoms with E-state index in [-0.39, 0.29) is 17.4 Å². The molecule has 1 saturated heterocycles. The van der Waals surface area contributed by atoms with Gasteiger partial charge in [-0.3, -0.25) is 4.90 Å². The number of likely N-dealkylation sites (tertiary alicyclic amines) is 1. The van der Waals surface area contributed by atoms with Crippen LogP contribution in [0.2, 0.25) is 5.02 Å². The van der Waals surface area contributed by atoms with Crippen molar-refractivity contribution >= 4 is 11.6 Å². The van der Waals surface area contributed by atoms with Crippen molar-refractivity contribution in [2.75, 3.05) is 19.7 Å². The molecule has 0 radical (unpaired) electrons. The van der Waals surface area contributed by atoms with Crippen molar-refractivity contribution < 1.29 is 9.50 Å². The topological polar surface area (TPSA) is 23.5 Å². The maximum absolute atomic E-state index is 13.7. The minimum Gasteiger partial charge on any atom is -0.396 e. The first-order valence-corrected chi connectivity index (χ1v) is 6.34. The van der Waals surface area contributed by atoms with Crippen LogP contribution in [0.3, 0.4) is 0 Å². The molecule has 1 aliphatic heterocycles. The molecule has 0 atom stereocenters. The largest absolute Gasteiger partial charge is 0.396 e. The highest BCUT2D eigenvalue weighted by Gasteiger charge is 2.19. The van der Waals surface area contributed by atoms with Crippen LogP contribution in [0.5, 0.6) is 0 Å². The van der Waals surface area contributed by atoms with E-state index in [2.05, 4.69) is 4.90 Å². The second kappa shape index (κ2) is 5.80. The standard InChI is InChI=1S/C13H17ClFNO/c14-12-3-1-2-11(13(12)15)8-16-6-4-10(9-17)5-7-16/h1-3,10,17H,4-9H2. The first kappa shape index (κ1) is 12.8. The quantitative estimate of drug-likeness (QED) is 0.900. The van der Waals surface area contributed by atoms with Gasteiger partial charge in [-0.05, 0) is 37.9 Å². The Balaban J connectivity index is 1.95. The van der Waals surface area contributed by atoms with E-state index in [9.17, 15) is 4.39 Å². The van der Waals surface area contributed by atoms with Gasteiger partial charge in [-0.15, -0.1) is 0 Å². The Hall–Kier alpha value is -0.640. The molecular weight excluding hydrogens is 241 g/mol. The zero-order valence-electron chi connectivity index (χ0n) is 9.70. The Morgan fingerprint density at radius 2 is 2.06 bits per heavy atom. The van der Waals surface area contributed by atoms with Gasteiger partial charge in [-0.1, -0.05) is 23.7 Å². The molecule has 0 bridgehead atoms. The lowest BCUT2D eigenvalue weighted by Gasteiger charge is -2.31. The van der Waals surface area contributed by atoms with Gasteiger partial charge < -0.3 is 5.11 Å². The third-order valence-electron chi connectivity index (χ3n) is 3.39. The van der Waals surface area contributed by atoms with Crippen molar-refractivity contribution in [3.63, 3.8) is 0 Å². The second-order valence-electron chi connectivity index (χ2n) is 4.62. The number of nitrogens with zero attached hydrogens (tertiary/aromatic N) is 1. The van der Waals surface area contributed by atoms with Crippen LogP contribution in [0.15, 0.2) is 18.2 Å². The lowest BCUT2D eigenvalue weighted by molar-refractivity contribution is 0.126. The van der Waals surface area contributed by atoms with Crippen molar-refractivity contribution in [3.05, 3.63) is 34.6 Å². The third kappa shape index (κ3) is 3.18. The molecule has 1 aromatic rings. The first-order valence-electron chi connectivity index (χ1n) is 5.97. The Bertz CT molecular complexity index is 378. The fourth-order valence-corrected chi connectivity index (χ4v) is 2.43. The van der Waals surface area contributed by atoms with E-state index in [1.807, 2.05) is 0 Å². The number of aliphatic hydroxyl groups is 1. The minimum absolute atomic E-state index is 0.188. The van der Waals surface area contributed by atoms with E-state index in [1.54, 1.807) is 18.2 Å². The van der Waals surface area contributed by atoms with Crippen LogP contribution in [0.1, 0.15) is 18.4 Å². The summed E-state index contributed by atoms with van der Waals surface area (Å²) in [6.07, 6.45) is 1.97. The van der Waals surface area contributed by atoms with Crippen molar-refractivity contribution in [1.82, 2.24) is 4.90 Å². The van der Waals surface area contributed by atoms with Gasteiger partial charge in [0.25, 0.3) is 0 Å². The summed E-state index contributed by atoms with van der Waals surface area (Å²) in [5.41, 5.74) is 0.653. The maximum Gasteiger partial charge on any atom is 0.146 e. The highest BCUT2D eigenvalue weighted by molar-refractivity contribution is 6.30. The van der Waals surface area contributed by atoms with E-state index in [0.29, 0.717) is 18.0 Å². The molecule has 0 unspecified atom stereocenters. The average molecular weight is 258 g/mol. The maximum atomic E-state index is 13.7. The molecule has 1 fully saturated rings. The highest BCUT2D eigenvalue weighted by atomic mass is 35.5. The molecule has 0 aliphatic carbocycles. The molecule has 1 aliphatic rings. The number of halogens is 2. The number of hydrogen-bond donors (Lipinski definition) is 1. The average Bonchev–Trinajstić information content (AvgIpc) is 2.36. The highest BCUT2D eigenvalue weighted by Crippen LogP contribution is 2.22. The molecule has 1 aromatic carbocycles. The molecular formula is C13H17ClFNO. The fourth-order valence-electron chi connectivity index (χ4n) is 2.24. The van der Waals surface area contributed by atoms with Crippen molar-refractivity contribution in [1.29, 1.82) is 0 Å². The molecule has 0 spiro atoms. The molecule has 0 amide bonds. The Labute approximate surface area is 106 Å². The monoisotopic (exact) mass is 257 g/mol. The van der Waals surface area contributed by atoms with Gasteiger partial charge in [0, 0.05) is 18.7 Å². The van der Waals surface area contributed by atoms with Crippen LogP contribution in [-0.4, -0.2) is 29.7 Å². The molecule has 1 N–H and O–H groups in total. The smallest absolute Gasteiger partial charge is 0.146 e. The number of rotatable bonds is 3. The van der Waals surface area contributed by atoms with Crippen LogP contribution >= 0.6 is 11.6 Å². The van der Waals surface area contributed by atoms with Gasteiger partial charge in [0.1, 0.15) is 5.82 Å². The summed E-state index contributed by atoms with van der Waals surface area (Å²) in [6.45, 7) is 2.69. The van der Waals surface area contributed by atoms with Crippen molar-refractivity contribution in [3.8, 4) is 0 Å². The SMILES string of the molecule is OCC1CCN(Cc2cccc(Cl)c2F)CC1. The summed E-state index contributed by atoms with van der Waals surface area (Å²) in [4.78, 5) is 2.21. The van der Waals surface area contributed by atoms with Crippen molar-refractivity contribution in [2.45, 2.75) is 19.4 Å². The zero-order chi connectivity index (χ0) is 12.3. The van der Waals surface area contributed by atoms with E-state index in [0.717, 1.165) is 25.9 Å². The molecule has 2 nitrogen and oxygen atoms in total. The van der Waals surface area contributed by atoms with Gasteiger partial charge >= 0.3 is 0 Å². The normalized spacial score (nSPS) is 18.5. The van der Waals surface area contributed by atoms with E-state index < -0.39 is 0 Å². The molecule has 1 heterocycles. The second-order valence-corrected chi connectivity index (χ2v) is 5.02. The molecule has 4 heteroatoms. The molecule has 2 rings (SSSR count). The van der Waals surface area contributed by atoms with Crippen LogP contribution in [-0.2, 0) is 6.54 Å². The summed E-state index contributed by atoms with van der Waals surface area (Å²) in [5, 5.41) is 9.24. The third-order valence-corrected chi connectivity index (χ3v) is 3.68. The predicted molar refractivity (Wildman–Crippen MR) is 66.5 cm³/mol. The summed E-state index contributed by atoms with van der Waals surface area (Å²) in [7, 11) is 0. The summed E-state index contributed by atoms with van der Waals surface area (Å²) in [6, 6.07) is 5.12.